The molecule has 0 atom stereocenters. The Labute approximate surface area is 132 Å². The van der Waals surface area contributed by atoms with Gasteiger partial charge in [-0.1, -0.05) is 0 Å². The average Bonchev–Trinajstić information content (AvgIpc) is 2.46. The van der Waals surface area contributed by atoms with Crippen molar-refractivity contribution in [1.29, 1.82) is 0 Å². The van der Waals surface area contributed by atoms with Crippen LogP contribution < -0.4 is 16.3 Å². The summed E-state index contributed by atoms with van der Waals surface area (Å²) in [6.07, 6.45) is -0.0669. The molecule has 0 aliphatic carbocycles. The van der Waals surface area contributed by atoms with Gasteiger partial charge in [-0.05, 0) is 31.0 Å². The molecule has 2 N–H and O–H groups in total. The first-order valence-corrected chi connectivity index (χ1v) is 7.24. The molecule has 0 spiro atoms. The fourth-order valence-electron chi connectivity index (χ4n) is 2.17. The normalized spacial score (nSPS) is 10.3. The highest BCUT2D eigenvalue weighted by atomic mass is 16.5. The molecule has 2 aromatic rings. The van der Waals surface area contributed by atoms with E-state index in [1.165, 1.54) is 13.0 Å². The number of carbonyl (C=O) groups is 2. The highest BCUT2D eigenvalue weighted by Crippen LogP contribution is 2.21. The van der Waals surface area contributed by atoms with Crippen molar-refractivity contribution in [1.82, 2.24) is 5.32 Å². The van der Waals surface area contributed by atoms with Crippen LogP contribution in [0.1, 0.15) is 19.4 Å². The Balaban J connectivity index is 2.27. The quantitative estimate of drug-likeness (QED) is 0.822. The van der Waals surface area contributed by atoms with E-state index in [9.17, 15) is 14.4 Å². The topological polar surface area (TPSA) is 97.6 Å². The van der Waals surface area contributed by atoms with Gasteiger partial charge < -0.3 is 14.5 Å². The second-order valence-corrected chi connectivity index (χ2v) is 4.88. The van der Waals surface area contributed by atoms with Crippen molar-refractivity contribution in [2.24, 2.45) is 0 Å². The van der Waals surface area contributed by atoms with Gasteiger partial charge in [0.2, 0.25) is 5.91 Å². The number of amides is 2. The number of anilines is 1. The molecular weight excluding hydrogens is 300 g/mol. The molecule has 0 saturated carbocycles. The first-order valence-electron chi connectivity index (χ1n) is 7.24. The van der Waals surface area contributed by atoms with Crippen molar-refractivity contribution in [3.63, 3.8) is 0 Å². The summed E-state index contributed by atoms with van der Waals surface area (Å²) >= 11 is 0. The van der Waals surface area contributed by atoms with Crippen molar-refractivity contribution < 1.29 is 18.7 Å². The standard InChI is InChI=1S/C16H18N2O5/c1-3-22-16(21)18-12-4-5-13-11(6-7-17-10(2)19)8-15(20)23-14(13)9-12/h4-5,8-9H,3,6-7H2,1-2H3,(H,17,19)(H,18,21). The van der Waals surface area contributed by atoms with Gasteiger partial charge in [0, 0.05) is 36.7 Å². The zero-order valence-electron chi connectivity index (χ0n) is 13.0. The van der Waals surface area contributed by atoms with E-state index in [-0.39, 0.29) is 12.5 Å². The largest absolute Gasteiger partial charge is 0.450 e. The Morgan fingerprint density at radius 1 is 1.26 bits per heavy atom. The number of hydrogen-bond donors (Lipinski definition) is 2. The van der Waals surface area contributed by atoms with Crippen molar-refractivity contribution in [2.45, 2.75) is 20.3 Å². The first-order chi connectivity index (χ1) is 11.0. The van der Waals surface area contributed by atoms with E-state index >= 15 is 0 Å². The molecule has 0 fully saturated rings. The summed E-state index contributed by atoms with van der Waals surface area (Å²) < 4.78 is 9.98. The van der Waals surface area contributed by atoms with Crippen LogP contribution in [0.15, 0.2) is 33.5 Å². The fraction of sp³-hybridized carbons (Fsp3) is 0.312. The maximum Gasteiger partial charge on any atom is 0.411 e. The SMILES string of the molecule is CCOC(=O)Nc1ccc2c(CCNC(C)=O)cc(=O)oc2c1. The number of benzene rings is 1. The number of nitrogens with one attached hydrogen (secondary N) is 2. The molecule has 1 aromatic carbocycles. The number of carbonyl (C=O) groups excluding carboxylic acids is 2. The maximum absolute atomic E-state index is 11.7. The summed E-state index contributed by atoms with van der Waals surface area (Å²) in [6, 6.07) is 6.42. The summed E-state index contributed by atoms with van der Waals surface area (Å²) in [5.41, 5.74) is 1.12. The Kier molecular flexibility index (Phi) is 5.35. The Bertz CT molecular complexity index is 782. The molecule has 1 aromatic heterocycles. The second-order valence-electron chi connectivity index (χ2n) is 4.88. The van der Waals surface area contributed by atoms with Crippen LogP contribution in [0.25, 0.3) is 11.0 Å². The van der Waals surface area contributed by atoms with Gasteiger partial charge in [0.25, 0.3) is 0 Å². The number of hydrogen-bond acceptors (Lipinski definition) is 5. The summed E-state index contributed by atoms with van der Waals surface area (Å²) in [7, 11) is 0. The third-order valence-corrected chi connectivity index (χ3v) is 3.12. The highest BCUT2D eigenvalue weighted by Gasteiger charge is 2.09. The van der Waals surface area contributed by atoms with Gasteiger partial charge in [-0.2, -0.15) is 0 Å². The number of ether oxygens (including phenoxy) is 1. The lowest BCUT2D eigenvalue weighted by Gasteiger charge is -2.08. The summed E-state index contributed by atoms with van der Waals surface area (Å²) in [5, 5.41) is 5.99. The van der Waals surface area contributed by atoms with Gasteiger partial charge in [-0.25, -0.2) is 9.59 Å². The Hall–Kier alpha value is -2.83. The van der Waals surface area contributed by atoms with Crippen molar-refractivity contribution in [3.8, 4) is 0 Å². The minimum Gasteiger partial charge on any atom is -0.450 e. The van der Waals surface area contributed by atoms with Gasteiger partial charge in [0.1, 0.15) is 5.58 Å². The highest BCUT2D eigenvalue weighted by molar-refractivity contribution is 5.90. The van der Waals surface area contributed by atoms with Crippen LogP contribution in [0.5, 0.6) is 0 Å². The lowest BCUT2D eigenvalue weighted by atomic mass is 10.1. The average molecular weight is 318 g/mol. The molecule has 0 unspecified atom stereocenters. The van der Waals surface area contributed by atoms with E-state index in [2.05, 4.69) is 10.6 Å². The van der Waals surface area contributed by atoms with Crippen LogP contribution in [-0.4, -0.2) is 25.2 Å². The predicted molar refractivity (Wildman–Crippen MR) is 85.5 cm³/mol. The first kappa shape index (κ1) is 16.5. The number of fused-ring (bicyclic) bond motifs is 1. The fourth-order valence-corrected chi connectivity index (χ4v) is 2.17. The van der Waals surface area contributed by atoms with E-state index in [4.69, 9.17) is 9.15 Å². The molecule has 0 saturated heterocycles. The van der Waals surface area contributed by atoms with Crippen molar-refractivity contribution in [2.75, 3.05) is 18.5 Å². The monoisotopic (exact) mass is 318 g/mol. The molecule has 0 aliphatic rings. The van der Waals surface area contributed by atoms with Crippen LogP contribution in [-0.2, 0) is 16.0 Å². The molecule has 122 valence electrons. The van der Waals surface area contributed by atoms with E-state index in [1.807, 2.05) is 0 Å². The lowest BCUT2D eigenvalue weighted by molar-refractivity contribution is -0.118. The number of rotatable bonds is 5. The zero-order valence-corrected chi connectivity index (χ0v) is 13.0. The molecule has 7 nitrogen and oxygen atoms in total. The van der Waals surface area contributed by atoms with Crippen LogP contribution in [0, 0.1) is 0 Å². The molecule has 0 radical (unpaired) electrons. The molecule has 0 aliphatic heterocycles. The molecular formula is C16H18N2O5. The van der Waals surface area contributed by atoms with E-state index in [0.29, 0.717) is 24.2 Å². The minimum atomic E-state index is -0.573. The predicted octanol–water partition coefficient (Wildman–Crippen LogP) is 2.04. The van der Waals surface area contributed by atoms with Crippen molar-refractivity contribution >= 4 is 28.7 Å². The van der Waals surface area contributed by atoms with E-state index in [0.717, 1.165) is 10.9 Å². The zero-order chi connectivity index (χ0) is 16.8. The molecule has 23 heavy (non-hydrogen) atoms. The van der Waals surface area contributed by atoms with Gasteiger partial charge in [-0.3, -0.25) is 10.1 Å². The third-order valence-electron chi connectivity index (χ3n) is 3.12. The minimum absolute atomic E-state index is 0.127. The van der Waals surface area contributed by atoms with Crippen LogP contribution in [0.3, 0.4) is 0 Å². The van der Waals surface area contributed by atoms with Gasteiger partial charge in [-0.15, -0.1) is 0 Å². The van der Waals surface area contributed by atoms with Gasteiger partial charge in [0.05, 0.1) is 6.61 Å². The second kappa shape index (κ2) is 7.44. The molecule has 0 bridgehead atoms. The van der Waals surface area contributed by atoms with Crippen LogP contribution >= 0.6 is 0 Å². The molecule has 7 heteroatoms. The summed E-state index contributed by atoms with van der Waals surface area (Å²) in [5.74, 6) is -0.127. The summed E-state index contributed by atoms with van der Waals surface area (Å²) in [6.45, 7) is 3.84. The van der Waals surface area contributed by atoms with Crippen LogP contribution in [0.4, 0.5) is 10.5 Å². The van der Waals surface area contributed by atoms with Gasteiger partial charge in [0.15, 0.2) is 0 Å². The summed E-state index contributed by atoms with van der Waals surface area (Å²) in [4.78, 5) is 34.0. The third kappa shape index (κ3) is 4.57. The Morgan fingerprint density at radius 3 is 2.74 bits per heavy atom. The van der Waals surface area contributed by atoms with Crippen molar-refractivity contribution in [3.05, 3.63) is 40.2 Å². The van der Waals surface area contributed by atoms with E-state index in [1.54, 1.807) is 25.1 Å². The Morgan fingerprint density at radius 2 is 2.04 bits per heavy atom. The van der Waals surface area contributed by atoms with Gasteiger partial charge >= 0.3 is 11.7 Å². The molecule has 1 heterocycles. The molecule has 2 rings (SSSR count). The maximum atomic E-state index is 11.7. The smallest absolute Gasteiger partial charge is 0.411 e. The molecule has 2 amide bonds. The van der Waals surface area contributed by atoms with Crippen LogP contribution in [0.2, 0.25) is 0 Å². The lowest BCUT2D eigenvalue weighted by Crippen LogP contribution is -2.22. The van der Waals surface area contributed by atoms with E-state index < -0.39 is 11.7 Å².